The van der Waals surface area contributed by atoms with Crippen molar-refractivity contribution in [3.8, 4) is 0 Å². The highest BCUT2D eigenvalue weighted by Crippen LogP contribution is 2.32. The third kappa shape index (κ3) is 3.90. The van der Waals surface area contributed by atoms with E-state index in [0.717, 1.165) is 18.0 Å². The van der Waals surface area contributed by atoms with Crippen molar-refractivity contribution in [1.82, 2.24) is 9.80 Å². The number of likely N-dealkylation sites (N-methyl/N-ethyl adjacent to an activating group) is 1. The van der Waals surface area contributed by atoms with Crippen LogP contribution in [-0.4, -0.2) is 54.9 Å². The van der Waals surface area contributed by atoms with Crippen molar-refractivity contribution in [3.05, 3.63) is 11.6 Å². The van der Waals surface area contributed by atoms with Gasteiger partial charge in [-0.3, -0.25) is 9.69 Å². The van der Waals surface area contributed by atoms with Gasteiger partial charge in [0.15, 0.2) is 5.78 Å². The molecule has 1 heterocycles. The Kier molecular flexibility index (Phi) is 5.17. The van der Waals surface area contributed by atoms with E-state index in [2.05, 4.69) is 16.8 Å². The van der Waals surface area contributed by atoms with Crippen LogP contribution in [0, 0.1) is 5.92 Å². The normalized spacial score (nSPS) is 30.8. The van der Waals surface area contributed by atoms with E-state index in [-0.39, 0.29) is 0 Å². The summed E-state index contributed by atoms with van der Waals surface area (Å²) in [5.74, 6) is 0.971. The van der Waals surface area contributed by atoms with Crippen LogP contribution in [0.3, 0.4) is 0 Å². The van der Waals surface area contributed by atoms with Crippen LogP contribution in [0.5, 0.6) is 0 Å². The predicted molar refractivity (Wildman–Crippen MR) is 79.3 cm³/mol. The maximum Gasteiger partial charge on any atom is 0.158 e. The number of allylic oxidation sites excluding steroid dienone is 2. The van der Waals surface area contributed by atoms with Crippen LogP contribution in [0.25, 0.3) is 0 Å². The maximum atomic E-state index is 12.0. The number of hydrogen-bond acceptors (Lipinski definition) is 3. The van der Waals surface area contributed by atoms with E-state index in [1.54, 1.807) is 0 Å². The van der Waals surface area contributed by atoms with Gasteiger partial charge in [0.25, 0.3) is 0 Å². The van der Waals surface area contributed by atoms with Crippen LogP contribution in [-0.2, 0) is 4.79 Å². The summed E-state index contributed by atoms with van der Waals surface area (Å²) >= 11 is 0. The lowest BCUT2D eigenvalue weighted by atomic mass is 9.97. The zero-order valence-corrected chi connectivity index (χ0v) is 12.7. The van der Waals surface area contributed by atoms with Crippen molar-refractivity contribution < 1.29 is 4.79 Å². The molecule has 0 aromatic carbocycles. The summed E-state index contributed by atoms with van der Waals surface area (Å²) in [5, 5.41) is 0. The molecule has 2 unspecified atom stereocenters. The summed E-state index contributed by atoms with van der Waals surface area (Å²) < 4.78 is 0. The topological polar surface area (TPSA) is 23.6 Å². The first-order valence-electron chi connectivity index (χ1n) is 7.69. The fourth-order valence-corrected chi connectivity index (χ4v) is 3.34. The Bertz CT molecular complexity index is 343. The fraction of sp³-hybridized carbons (Fsp3) is 0.812. The van der Waals surface area contributed by atoms with Crippen molar-refractivity contribution >= 4 is 5.78 Å². The zero-order chi connectivity index (χ0) is 13.8. The predicted octanol–water partition coefficient (Wildman–Crippen LogP) is 2.33. The van der Waals surface area contributed by atoms with Gasteiger partial charge in [-0.15, -0.1) is 0 Å². The molecule has 2 rings (SSSR count). The molecule has 1 aliphatic carbocycles. The molecule has 19 heavy (non-hydrogen) atoms. The van der Waals surface area contributed by atoms with Crippen LogP contribution in [0.4, 0.5) is 0 Å². The van der Waals surface area contributed by atoms with Crippen LogP contribution < -0.4 is 0 Å². The Labute approximate surface area is 117 Å². The lowest BCUT2D eigenvalue weighted by Crippen LogP contribution is -2.48. The lowest BCUT2D eigenvalue weighted by molar-refractivity contribution is -0.116. The molecular weight excluding hydrogens is 236 g/mol. The number of Topliss-reactive ketones (excluding diaryl/α,β-unsaturated/α-hetero) is 1. The van der Waals surface area contributed by atoms with E-state index in [0.29, 0.717) is 11.7 Å². The molecule has 3 nitrogen and oxygen atoms in total. The van der Waals surface area contributed by atoms with E-state index in [4.69, 9.17) is 0 Å². The minimum absolute atomic E-state index is 0.353. The number of piperazine rings is 1. The fourth-order valence-electron chi connectivity index (χ4n) is 3.34. The van der Waals surface area contributed by atoms with Gasteiger partial charge in [-0.2, -0.15) is 0 Å². The van der Waals surface area contributed by atoms with Crippen LogP contribution >= 0.6 is 0 Å². The van der Waals surface area contributed by atoms with Crippen LogP contribution in [0.1, 0.15) is 39.5 Å². The van der Waals surface area contributed by atoms with E-state index in [9.17, 15) is 4.79 Å². The lowest BCUT2D eigenvalue weighted by Gasteiger charge is -2.36. The number of rotatable bonds is 4. The zero-order valence-electron chi connectivity index (χ0n) is 12.7. The molecule has 2 atom stereocenters. The molecule has 0 bridgehead atoms. The van der Waals surface area contributed by atoms with Crippen molar-refractivity contribution in [2.75, 3.05) is 33.2 Å². The molecule has 1 saturated heterocycles. The first-order valence-corrected chi connectivity index (χ1v) is 7.69. The van der Waals surface area contributed by atoms with Gasteiger partial charge in [-0.1, -0.05) is 6.08 Å². The second-order valence-electron chi connectivity index (χ2n) is 6.27. The minimum Gasteiger partial charge on any atom is -0.304 e. The summed E-state index contributed by atoms with van der Waals surface area (Å²) in [6.45, 7) is 8.69. The molecule has 0 radical (unpaired) electrons. The second kappa shape index (κ2) is 6.67. The number of ketones is 1. The van der Waals surface area contributed by atoms with Gasteiger partial charge >= 0.3 is 0 Å². The van der Waals surface area contributed by atoms with E-state index < -0.39 is 0 Å². The molecule has 0 aromatic rings. The summed E-state index contributed by atoms with van der Waals surface area (Å²) in [7, 11) is 2.20. The molecule has 2 aliphatic rings. The second-order valence-corrected chi connectivity index (χ2v) is 6.27. The molecule has 1 saturated carbocycles. The van der Waals surface area contributed by atoms with E-state index in [1.807, 2.05) is 19.9 Å². The van der Waals surface area contributed by atoms with Crippen LogP contribution in [0.2, 0.25) is 0 Å². The molecule has 3 heteroatoms. The van der Waals surface area contributed by atoms with Crippen molar-refractivity contribution in [3.63, 3.8) is 0 Å². The number of carbonyl (C=O) groups is 1. The monoisotopic (exact) mass is 264 g/mol. The Balaban J connectivity index is 1.78. The summed E-state index contributed by atoms with van der Waals surface area (Å²) in [6.07, 6.45) is 6.46. The average molecular weight is 264 g/mol. The third-order valence-corrected chi connectivity index (χ3v) is 4.91. The van der Waals surface area contributed by atoms with Gasteiger partial charge in [-0.25, -0.2) is 0 Å². The first kappa shape index (κ1) is 14.7. The third-order valence-electron chi connectivity index (χ3n) is 4.91. The Morgan fingerprint density at radius 2 is 1.89 bits per heavy atom. The maximum absolute atomic E-state index is 12.0. The van der Waals surface area contributed by atoms with E-state index in [1.165, 1.54) is 45.4 Å². The van der Waals surface area contributed by atoms with Gasteiger partial charge in [-0.05, 0) is 51.6 Å². The largest absolute Gasteiger partial charge is 0.304 e. The Morgan fingerprint density at radius 3 is 2.53 bits per heavy atom. The molecular formula is C16H28N2O. The van der Waals surface area contributed by atoms with Crippen molar-refractivity contribution in [2.45, 2.75) is 45.6 Å². The molecule has 0 spiro atoms. The Hall–Kier alpha value is -0.670. The molecule has 2 fully saturated rings. The summed E-state index contributed by atoms with van der Waals surface area (Å²) in [5.41, 5.74) is 0.933. The Morgan fingerprint density at radius 1 is 1.21 bits per heavy atom. The minimum atomic E-state index is 0.353. The summed E-state index contributed by atoms with van der Waals surface area (Å²) in [6, 6.07) is 0.734. The van der Waals surface area contributed by atoms with Gasteiger partial charge < -0.3 is 4.90 Å². The van der Waals surface area contributed by atoms with Crippen LogP contribution in [0.15, 0.2) is 11.6 Å². The molecule has 0 amide bonds. The first-order chi connectivity index (χ1) is 9.10. The number of nitrogens with zero attached hydrogens (tertiary/aromatic N) is 2. The SMILES string of the molecule is C/C=C(\C)C(=O)CC1CCC(N2CCN(C)CC2)C1. The summed E-state index contributed by atoms with van der Waals surface area (Å²) in [4.78, 5) is 17.0. The van der Waals surface area contributed by atoms with E-state index >= 15 is 0 Å². The highest BCUT2D eigenvalue weighted by Gasteiger charge is 2.31. The molecule has 1 aliphatic heterocycles. The van der Waals surface area contributed by atoms with Gasteiger partial charge in [0.2, 0.25) is 0 Å². The number of hydrogen-bond donors (Lipinski definition) is 0. The van der Waals surface area contributed by atoms with Crippen molar-refractivity contribution in [1.29, 1.82) is 0 Å². The van der Waals surface area contributed by atoms with Gasteiger partial charge in [0.05, 0.1) is 0 Å². The molecule has 108 valence electrons. The highest BCUT2D eigenvalue weighted by molar-refractivity contribution is 5.94. The average Bonchev–Trinajstić information content (AvgIpc) is 2.87. The standard InChI is InChI=1S/C16H28N2O/c1-4-13(2)16(19)12-14-5-6-15(11-14)18-9-7-17(3)8-10-18/h4,14-15H,5-12H2,1-3H3/b13-4+. The smallest absolute Gasteiger partial charge is 0.158 e. The molecule has 0 N–H and O–H groups in total. The molecule has 0 aromatic heterocycles. The quantitative estimate of drug-likeness (QED) is 0.728. The van der Waals surface area contributed by atoms with Gasteiger partial charge in [0, 0.05) is 38.6 Å². The van der Waals surface area contributed by atoms with Crippen molar-refractivity contribution in [2.24, 2.45) is 5.92 Å². The number of carbonyl (C=O) groups excluding carboxylic acids is 1. The van der Waals surface area contributed by atoms with Gasteiger partial charge in [0.1, 0.15) is 0 Å². The highest BCUT2D eigenvalue weighted by atomic mass is 16.1.